The first kappa shape index (κ1) is 18.1. The van der Waals surface area contributed by atoms with Crippen LogP contribution in [-0.2, 0) is 4.79 Å². The Morgan fingerprint density at radius 1 is 1.37 bits per heavy atom. The number of imide groups is 1. The molecule has 1 atom stereocenters. The van der Waals surface area contributed by atoms with Crippen LogP contribution in [0.1, 0.15) is 33.6 Å². The highest BCUT2D eigenvalue weighted by Crippen LogP contribution is 2.07. The van der Waals surface area contributed by atoms with Gasteiger partial charge in [0, 0.05) is 18.1 Å². The van der Waals surface area contributed by atoms with Crippen LogP contribution in [0.2, 0.25) is 0 Å². The van der Waals surface area contributed by atoms with Crippen LogP contribution >= 0.6 is 12.4 Å². The molecule has 1 unspecified atom stereocenters. The third-order valence-electron chi connectivity index (χ3n) is 2.65. The minimum absolute atomic E-state index is 0. The summed E-state index contributed by atoms with van der Waals surface area (Å²) in [5.41, 5.74) is 5.48. The lowest BCUT2D eigenvalue weighted by Crippen LogP contribution is -2.52. The van der Waals surface area contributed by atoms with E-state index < -0.39 is 6.03 Å². The molecule has 19 heavy (non-hydrogen) atoms. The van der Waals surface area contributed by atoms with E-state index in [0.29, 0.717) is 6.54 Å². The van der Waals surface area contributed by atoms with Crippen LogP contribution in [0.4, 0.5) is 4.79 Å². The molecule has 0 aromatic carbocycles. The summed E-state index contributed by atoms with van der Waals surface area (Å²) >= 11 is 0. The summed E-state index contributed by atoms with van der Waals surface area (Å²) < 4.78 is 0. The summed E-state index contributed by atoms with van der Waals surface area (Å²) in [6.07, 6.45) is 2.01. The van der Waals surface area contributed by atoms with Crippen LogP contribution in [0.3, 0.4) is 0 Å². The Hall–Kier alpha value is -0.850. The van der Waals surface area contributed by atoms with Crippen LogP contribution in [0, 0.1) is 0 Å². The highest BCUT2D eigenvalue weighted by molar-refractivity contribution is 5.95. The maximum atomic E-state index is 11.7. The van der Waals surface area contributed by atoms with Gasteiger partial charge in [0.05, 0.1) is 6.54 Å². The molecule has 112 valence electrons. The Morgan fingerprint density at radius 3 is 2.53 bits per heavy atom. The van der Waals surface area contributed by atoms with Gasteiger partial charge in [-0.1, -0.05) is 0 Å². The Morgan fingerprint density at radius 2 is 2.00 bits per heavy atom. The number of hydrogen-bond acceptors (Lipinski definition) is 4. The zero-order chi connectivity index (χ0) is 13.8. The predicted molar refractivity (Wildman–Crippen MR) is 77.3 cm³/mol. The minimum Gasteiger partial charge on any atom is -0.333 e. The Balaban J connectivity index is 0.00000324. The van der Waals surface area contributed by atoms with Gasteiger partial charge < -0.3 is 11.1 Å². The van der Waals surface area contributed by atoms with Crippen LogP contribution in [-0.4, -0.2) is 48.1 Å². The van der Waals surface area contributed by atoms with Gasteiger partial charge in [0.1, 0.15) is 0 Å². The van der Waals surface area contributed by atoms with E-state index in [1.54, 1.807) is 0 Å². The fourth-order valence-corrected chi connectivity index (χ4v) is 1.98. The van der Waals surface area contributed by atoms with Crippen molar-refractivity contribution in [3.63, 3.8) is 0 Å². The number of nitrogens with zero attached hydrogens (tertiary/aromatic N) is 1. The van der Waals surface area contributed by atoms with Crippen molar-refractivity contribution in [2.24, 2.45) is 5.73 Å². The number of amides is 3. The first-order chi connectivity index (χ1) is 8.26. The summed E-state index contributed by atoms with van der Waals surface area (Å²) in [5, 5.41) is 5.01. The third kappa shape index (κ3) is 8.02. The van der Waals surface area contributed by atoms with Gasteiger partial charge in [0.2, 0.25) is 5.91 Å². The molecule has 1 aliphatic rings. The van der Waals surface area contributed by atoms with Crippen molar-refractivity contribution in [3.8, 4) is 0 Å². The van der Waals surface area contributed by atoms with Crippen molar-refractivity contribution in [2.45, 2.75) is 45.2 Å². The van der Waals surface area contributed by atoms with Crippen molar-refractivity contribution >= 4 is 24.3 Å². The maximum Gasteiger partial charge on any atom is 0.321 e. The molecule has 3 amide bonds. The molecule has 1 saturated heterocycles. The summed E-state index contributed by atoms with van der Waals surface area (Å²) in [7, 11) is 0. The normalized spacial score (nSPS) is 20.3. The predicted octanol–water partition coefficient (Wildman–Crippen LogP) is 0.456. The molecule has 0 saturated carbocycles. The molecule has 1 aliphatic heterocycles. The van der Waals surface area contributed by atoms with E-state index in [-0.39, 0.29) is 36.4 Å². The van der Waals surface area contributed by atoms with Crippen LogP contribution in [0.25, 0.3) is 0 Å². The third-order valence-corrected chi connectivity index (χ3v) is 2.65. The number of hydrogen-bond donors (Lipinski definition) is 3. The van der Waals surface area contributed by atoms with Gasteiger partial charge in [-0.05, 0) is 40.2 Å². The first-order valence-electron chi connectivity index (χ1n) is 6.36. The fraction of sp³-hybridized carbons (Fsp3) is 0.833. The monoisotopic (exact) mass is 292 g/mol. The quantitative estimate of drug-likeness (QED) is 0.690. The second-order valence-corrected chi connectivity index (χ2v) is 5.89. The Kier molecular flexibility index (Phi) is 7.33. The first-order valence-corrected chi connectivity index (χ1v) is 6.36. The molecule has 6 nitrogen and oxygen atoms in total. The molecule has 7 heteroatoms. The molecule has 0 aliphatic carbocycles. The van der Waals surface area contributed by atoms with E-state index in [2.05, 4.69) is 10.6 Å². The minimum atomic E-state index is -0.450. The van der Waals surface area contributed by atoms with Crippen LogP contribution < -0.4 is 16.4 Å². The van der Waals surface area contributed by atoms with Crippen LogP contribution in [0.15, 0.2) is 0 Å². The summed E-state index contributed by atoms with van der Waals surface area (Å²) in [6.45, 7) is 7.39. The van der Waals surface area contributed by atoms with Crippen LogP contribution in [0.5, 0.6) is 0 Å². The molecule has 0 radical (unpaired) electrons. The molecular weight excluding hydrogens is 268 g/mol. The molecule has 1 heterocycles. The van der Waals surface area contributed by atoms with Gasteiger partial charge in [-0.15, -0.1) is 12.4 Å². The van der Waals surface area contributed by atoms with E-state index in [9.17, 15) is 9.59 Å². The molecule has 1 fully saturated rings. The zero-order valence-electron chi connectivity index (χ0n) is 11.9. The fourth-order valence-electron chi connectivity index (χ4n) is 1.98. The SMILES string of the molecule is CC(C)(C)NC(=O)NC(=O)CN1CCCC(N)C1.Cl. The average Bonchev–Trinajstić information content (AvgIpc) is 2.13. The maximum absolute atomic E-state index is 11.7. The standard InChI is InChI=1S/C12H24N4O2.ClH/c1-12(2,3)15-11(18)14-10(17)8-16-6-4-5-9(13)7-16;/h9H,4-8,13H2,1-3H3,(H2,14,15,17,18);1H. The van der Waals surface area contributed by atoms with Crippen molar-refractivity contribution in [2.75, 3.05) is 19.6 Å². The summed E-state index contributed by atoms with van der Waals surface area (Å²) in [5.74, 6) is -0.286. The molecule has 0 aromatic rings. The number of likely N-dealkylation sites (tertiary alicyclic amines) is 1. The van der Waals surface area contributed by atoms with Gasteiger partial charge >= 0.3 is 6.03 Å². The van der Waals surface area contributed by atoms with Gasteiger partial charge in [-0.2, -0.15) is 0 Å². The average molecular weight is 293 g/mol. The van der Waals surface area contributed by atoms with Crippen molar-refractivity contribution in [1.82, 2.24) is 15.5 Å². The smallest absolute Gasteiger partial charge is 0.321 e. The molecule has 0 spiro atoms. The number of carbonyl (C=O) groups is 2. The Labute approximate surface area is 120 Å². The van der Waals surface area contributed by atoms with Gasteiger partial charge in [0.25, 0.3) is 0 Å². The second kappa shape index (κ2) is 7.67. The number of carbonyl (C=O) groups excluding carboxylic acids is 2. The van der Waals surface area contributed by atoms with Gasteiger partial charge in [-0.3, -0.25) is 15.0 Å². The lowest BCUT2D eigenvalue weighted by Gasteiger charge is -2.30. The lowest BCUT2D eigenvalue weighted by atomic mass is 10.1. The number of urea groups is 1. The molecule has 1 rings (SSSR count). The topological polar surface area (TPSA) is 87.5 Å². The number of halogens is 1. The molecular formula is C12H25ClN4O2. The van der Waals surface area contributed by atoms with Crippen molar-refractivity contribution in [1.29, 1.82) is 0 Å². The number of piperidine rings is 1. The zero-order valence-corrected chi connectivity index (χ0v) is 12.7. The molecule has 0 bridgehead atoms. The van der Waals surface area contributed by atoms with E-state index in [1.807, 2.05) is 25.7 Å². The highest BCUT2D eigenvalue weighted by atomic mass is 35.5. The van der Waals surface area contributed by atoms with E-state index in [4.69, 9.17) is 5.73 Å². The largest absolute Gasteiger partial charge is 0.333 e. The summed E-state index contributed by atoms with van der Waals surface area (Å²) in [4.78, 5) is 25.1. The molecule has 0 aromatic heterocycles. The van der Waals surface area contributed by atoms with Gasteiger partial charge in [0.15, 0.2) is 0 Å². The second-order valence-electron chi connectivity index (χ2n) is 5.89. The highest BCUT2D eigenvalue weighted by Gasteiger charge is 2.20. The molecule has 4 N–H and O–H groups in total. The van der Waals surface area contributed by atoms with E-state index in [1.165, 1.54) is 0 Å². The van der Waals surface area contributed by atoms with E-state index >= 15 is 0 Å². The summed E-state index contributed by atoms with van der Waals surface area (Å²) in [6, 6.07) is -0.316. The van der Waals surface area contributed by atoms with Gasteiger partial charge in [-0.25, -0.2) is 4.79 Å². The number of rotatable bonds is 2. The lowest BCUT2D eigenvalue weighted by molar-refractivity contribution is -0.121. The Bertz CT molecular complexity index is 317. The van der Waals surface area contributed by atoms with Crippen molar-refractivity contribution in [3.05, 3.63) is 0 Å². The number of nitrogens with one attached hydrogen (secondary N) is 2. The van der Waals surface area contributed by atoms with Crippen molar-refractivity contribution < 1.29 is 9.59 Å². The van der Waals surface area contributed by atoms with E-state index in [0.717, 1.165) is 19.4 Å². The number of nitrogens with two attached hydrogens (primary N) is 1.